The van der Waals surface area contributed by atoms with E-state index < -0.39 is 0 Å². The second-order valence-corrected chi connectivity index (χ2v) is 7.43. The molecule has 140 valence electrons. The van der Waals surface area contributed by atoms with Gasteiger partial charge < -0.3 is 14.4 Å². The summed E-state index contributed by atoms with van der Waals surface area (Å²) in [6, 6.07) is 15.3. The van der Waals surface area contributed by atoms with E-state index in [1.54, 1.807) is 12.1 Å². The summed E-state index contributed by atoms with van der Waals surface area (Å²) in [6.45, 7) is 1.19. The van der Waals surface area contributed by atoms with Crippen LogP contribution in [0.15, 0.2) is 59.3 Å². The van der Waals surface area contributed by atoms with Crippen molar-refractivity contribution >= 4 is 28.4 Å². The lowest BCUT2D eigenvalue weighted by Gasteiger charge is -2.37. The Labute approximate surface area is 166 Å². The highest BCUT2D eigenvalue weighted by molar-refractivity contribution is 6.30. The number of nitrogens with zero attached hydrogens (tertiary/aromatic N) is 3. The normalized spacial score (nSPS) is 14.4. The molecule has 1 saturated heterocycles. The first kappa shape index (κ1) is 17.0. The van der Waals surface area contributed by atoms with Crippen LogP contribution in [0.2, 0.25) is 5.02 Å². The SMILES string of the molecule is O=C(Cc1c[nH]c2ccccc12)N1CC(c2nc(-c3cccc(Cl)c3)no2)C1. The summed E-state index contributed by atoms with van der Waals surface area (Å²) in [7, 11) is 0. The van der Waals surface area contributed by atoms with Gasteiger partial charge >= 0.3 is 0 Å². The van der Waals surface area contributed by atoms with E-state index in [9.17, 15) is 4.79 Å². The van der Waals surface area contributed by atoms with Crippen LogP contribution in [0.3, 0.4) is 0 Å². The molecule has 2 aromatic carbocycles. The van der Waals surface area contributed by atoms with Crippen molar-refractivity contribution in [1.82, 2.24) is 20.0 Å². The quantitative estimate of drug-likeness (QED) is 0.568. The van der Waals surface area contributed by atoms with Crippen molar-refractivity contribution in [2.24, 2.45) is 0 Å². The first-order chi connectivity index (χ1) is 13.7. The van der Waals surface area contributed by atoms with Crippen LogP contribution in [-0.4, -0.2) is 39.0 Å². The van der Waals surface area contributed by atoms with Crippen LogP contribution in [-0.2, 0) is 11.2 Å². The number of carbonyl (C=O) groups excluding carboxylic acids is 1. The maximum absolute atomic E-state index is 12.6. The fraction of sp³-hybridized carbons (Fsp3) is 0.190. The van der Waals surface area contributed by atoms with Crippen molar-refractivity contribution < 1.29 is 9.32 Å². The zero-order chi connectivity index (χ0) is 19.1. The molecule has 1 N–H and O–H groups in total. The Morgan fingerprint density at radius 1 is 1.21 bits per heavy atom. The molecule has 1 amide bonds. The standard InChI is InChI=1S/C21H17ClN4O2/c22-16-5-3-4-13(8-16)20-24-21(28-25-20)15-11-26(12-15)19(27)9-14-10-23-18-7-2-1-6-17(14)18/h1-8,10,15,23H,9,11-12H2. The zero-order valence-corrected chi connectivity index (χ0v) is 15.7. The number of hydrogen-bond acceptors (Lipinski definition) is 4. The van der Waals surface area contributed by atoms with Gasteiger partial charge in [-0.1, -0.05) is 47.1 Å². The summed E-state index contributed by atoms with van der Waals surface area (Å²) in [6.07, 6.45) is 2.30. The van der Waals surface area contributed by atoms with Crippen molar-refractivity contribution in [3.63, 3.8) is 0 Å². The number of halogens is 1. The highest BCUT2D eigenvalue weighted by atomic mass is 35.5. The van der Waals surface area contributed by atoms with E-state index in [0.29, 0.717) is 36.2 Å². The van der Waals surface area contributed by atoms with Crippen LogP contribution in [0.4, 0.5) is 0 Å². The number of likely N-dealkylation sites (tertiary alicyclic amines) is 1. The van der Waals surface area contributed by atoms with E-state index >= 15 is 0 Å². The lowest BCUT2D eigenvalue weighted by Crippen LogP contribution is -2.49. The number of H-pyrrole nitrogens is 1. The Morgan fingerprint density at radius 3 is 2.93 bits per heavy atom. The van der Waals surface area contributed by atoms with Crippen molar-refractivity contribution in [1.29, 1.82) is 0 Å². The lowest BCUT2D eigenvalue weighted by molar-refractivity contribution is -0.135. The minimum atomic E-state index is 0.0763. The van der Waals surface area contributed by atoms with Crippen molar-refractivity contribution in [3.05, 3.63) is 71.2 Å². The lowest BCUT2D eigenvalue weighted by atomic mass is 9.98. The monoisotopic (exact) mass is 392 g/mol. The van der Waals surface area contributed by atoms with Gasteiger partial charge in [0.05, 0.1) is 12.3 Å². The molecule has 6 nitrogen and oxygen atoms in total. The maximum Gasteiger partial charge on any atom is 0.233 e. The summed E-state index contributed by atoms with van der Waals surface area (Å²) < 4.78 is 5.41. The van der Waals surface area contributed by atoms with Gasteiger partial charge in [-0.05, 0) is 23.8 Å². The highest BCUT2D eigenvalue weighted by Crippen LogP contribution is 2.29. The molecule has 5 rings (SSSR count). The van der Waals surface area contributed by atoms with E-state index in [1.165, 1.54) is 0 Å². The van der Waals surface area contributed by atoms with Gasteiger partial charge in [0.1, 0.15) is 0 Å². The zero-order valence-electron chi connectivity index (χ0n) is 14.9. The largest absolute Gasteiger partial charge is 0.361 e. The van der Waals surface area contributed by atoms with Gasteiger partial charge in [-0.25, -0.2) is 0 Å². The average molecular weight is 393 g/mol. The smallest absolute Gasteiger partial charge is 0.233 e. The number of aromatic nitrogens is 3. The van der Waals surface area contributed by atoms with Crippen molar-refractivity contribution in [2.45, 2.75) is 12.3 Å². The average Bonchev–Trinajstić information content (AvgIpc) is 3.29. The van der Waals surface area contributed by atoms with Crippen molar-refractivity contribution in [3.8, 4) is 11.4 Å². The fourth-order valence-electron chi connectivity index (χ4n) is 3.54. The van der Waals surface area contributed by atoms with Crippen molar-refractivity contribution in [2.75, 3.05) is 13.1 Å². The number of rotatable bonds is 4. The first-order valence-electron chi connectivity index (χ1n) is 9.10. The maximum atomic E-state index is 12.6. The Morgan fingerprint density at radius 2 is 2.07 bits per heavy atom. The highest BCUT2D eigenvalue weighted by Gasteiger charge is 2.35. The minimum Gasteiger partial charge on any atom is -0.361 e. The van der Waals surface area contributed by atoms with Gasteiger partial charge in [0.15, 0.2) is 0 Å². The molecule has 0 bridgehead atoms. The summed E-state index contributed by atoms with van der Waals surface area (Å²) in [5.74, 6) is 1.26. The van der Waals surface area contributed by atoms with Gasteiger partial charge in [0, 0.05) is 40.8 Å². The number of benzene rings is 2. The van der Waals surface area contributed by atoms with Gasteiger partial charge in [-0.15, -0.1) is 0 Å². The number of amides is 1. The molecule has 3 heterocycles. The molecule has 2 aromatic heterocycles. The molecule has 0 saturated carbocycles. The topological polar surface area (TPSA) is 75.0 Å². The van der Waals surface area contributed by atoms with E-state index in [-0.39, 0.29) is 11.8 Å². The third-order valence-corrected chi connectivity index (χ3v) is 5.36. The molecule has 28 heavy (non-hydrogen) atoms. The molecule has 1 aliphatic heterocycles. The van der Waals surface area contributed by atoms with Crippen LogP contribution in [0.5, 0.6) is 0 Å². The number of para-hydroxylation sites is 1. The van der Waals surface area contributed by atoms with Gasteiger partial charge in [-0.3, -0.25) is 4.79 Å². The van der Waals surface area contributed by atoms with E-state index in [2.05, 4.69) is 15.1 Å². The molecule has 0 radical (unpaired) electrons. The Hall–Kier alpha value is -3.12. The minimum absolute atomic E-state index is 0.0763. The third-order valence-electron chi connectivity index (χ3n) is 5.12. The number of nitrogens with one attached hydrogen (secondary N) is 1. The molecule has 4 aromatic rings. The number of hydrogen-bond donors (Lipinski definition) is 1. The molecule has 0 spiro atoms. The Kier molecular flexibility index (Phi) is 4.13. The Balaban J connectivity index is 1.23. The predicted molar refractivity (Wildman–Crippen MR) is 106 cm³/mol. The van der Waals surface area contributed by atoms with E-state index in [0.717, 1.165) is 22.0 Å². The van der Waals surface area contributed by atoms with E-state index in [1.807, 2.05) is 47.5 Å². The molecule has 7 heteroatoms. The van der Waals surface area contributed by atoms with Crippen LogP contribution in [0.25, 0.3) is 22.3 Å². The Bertz CT molecular complexity index is 1160. The molecule has 0 atom stereocenters. The summed E-state index contributed by atoms with van der Waals surface area (Å²) in [4.78, 5) is 22.1. The molecular weight excluding hydrogens is 376 g/mol. The third kappa shape index (κ3) is 3.05. The van der Waals surface area contributed by atoms with Crippen LogP contribution >= 0.6 is 11.6 Å². The summed E-state index contributed by atoms with van der Waals surface area (Å²) >= 11 is 6.02. The van der Waals surface area contributed by atoms with Crippen LogP contribution < -0.4 is 0 Å². The molecule has 0 aliphatic carbocycles. The fourth-order valence-corrected chi connectivity index (χ4v) is 3.73. The second-order valence-electron chi connectivity index (χ2n) is 7.00. The molecular formula is C21H17ClN4O2. The summed E-state index contributed by atoms with van der Waals surface area (Å²) in [5.41, 5.74) is 2.88. The van der Waals surface area contributed by atoms with Gasteiger partial charge in [0.2, 0.25) is 17.6 Å². The van der Waals surface area contributed by atoms with E-state index in [4.69, 9.17) is 16.1 Å². The predicted octanol–water partition coefficient (Wildman–Crippen LogP) is 4.04. The second kappa shape index (κ2) is 6.80. The number of fused-ring (bicyclic) bond motifs is 1. The van der Waals surface area contributed by atoms with Crippen LogP contribution in [0, 0.1) is 0 Å². The van der Waals surface area contributed by atoms with Crippen LogP contribution in [0.1, 0.15) is 17.4 Å². The molecule has 1 aliphatic rings. The number of carbonyl (C=O) groups is 1. The molecule has 0 unspecified atom stereocenters. The summed E-state index contributed by atoms with van der Waals surface area (Å²) in [5, 5.41) is 5.76. The first-order valence-corrected chi connectivity index (χ1v) is 9.47. The number of aromatic amines is 1. The van der Waals surface area contributed by atoms with Gasteiger partial charge in [-0.2, -0.15) is 4.98 Å². The molecule has 1 fully saturated rings. The van der Waals surface area contributed by atoms with Gasteiger partial charge in [0.25, 0.3) is 0 Å².